The number of benzene rings is 2. The van der Waals surface area contributed by atoms with Gasteiger partial charge in [0.25, 0.3) is 11.1 Å². The van der Waals surface area contributed by atoms with Crippen LogP contribution in [0.5, 0.6) is 5.75 Å². The molecule has 0 bridgehead atoms. The van der Waals surface area contributed by atoms with Crippen molar-refractivity contribution in [2.75, 3.05) is 11.5 Å². The fourth-order valence-corrected chi connectivity index (χ4v) is 4.91. The van der Waals surface area contributed by atoms with Gasteiger partial charge < -0.3 is 4.74 Å². The van der Waals surface area contributed by atoms with Crippen molar-refractivity contribution in [3.8, 4) is 5.75 Å². The zero-order valence-corrected chi connectivity index (χ0v) is 18.5. The molecule has 1 aliphatic heterocycles. The lowest BCUT2D eigenvalue weighted by Crippen LogP contribution is -2.27. The number of hydrogen-bond acceptors (Lipinski definition) is 4. The van der Waals surface area contributed by atoms with Gasteiger partial charge in [-0.15, -0.1) is 0 Å². The van der Waals surface area contributed by atoms with E-state index in [2.05, 4.69) is 38.4 Å². The third-order valence-corrected chi connectivity index (χ3v) is 5.92. The third-order valence-electron chi connectivity index (χ3n) is 3.55. The van der Waals surface area contributed by atoms with E-state index in [1.807, 2.05) is 12.1 Å². The highest BCUT2D eigenvalue weighted by Gasteiger charge is 2.37. The van der Waals surface area contributed by atoms with Crippen molar-refractivity contribution in [3.05, 3.63) is 73.5 Å². The van der Waals surface area contributed by atoms with E-state index in [0.29, 0.717) is 28.0 Å². The van der Waals surface area contributed by atoms with Gasteiger partial charge in [0.15, 0.2) is 0 Å². The van der Waals surface area contributed by atoms with E-state index in [9.17, 15) is 9.59 Å². The molecule has 138 valence electrons. The van der Waals surface area contributed by atoms with Gasteiger partial charge in [0.05, 0.1) is 24.6 Å². The Balaban J connectivity index is 1.92. The molecule has 0 N–H and O–H groups in total. The van der Waals surface area contributed by atoms with Crippen LogP contribution in [-0.2, 0) is 4.79 Å². The average Bonchev–Trinajstić information content (AvgIpc) is 2.88. The highest BCUT2D eigenvalue weighted by molar-refractivity contribution is 9.11. The Morgan fingerprint density at radius 2 is 1.85 bits per heavy atom. The van der Waals surface area contributed by atoms with E-state index >= 15 is 0 Å². The van der Waals surface area contributed by atoms with Crippen LogP contribution in [-0.4, -0.2) is 17.8 Å². The molecular weight excluding hydrogens is 518 g/mol. The molecule has 2 amide bonds. The Morgan fingerprint density at radius 3 is 2.48 bits per heavy atom. The van der Waals surface area contributed by atoms with Gasteiger partial charge in [-0.05, 0) is 79.5 Å². The molecule has 3 rings (SSSR count). The molecule has 1 saturated heterocycles. The quantitative estimate of drug-likeness (QED) is 0.321. The first-order valence-corrected chi connectivity index (χ1v) is 10.5. The van der Waals surface area contributed by atoms with Crippen molar-refractivity contribution in [2.24, 2.45) is 0 Å². The molecule has 0 radical (unpaired) electrons. The largest absolute Gasteiger partial charge is 0.487 e. The zero-order chi connectivity index (χ0) is 19.6. The molecule has 1 aliphatic rings. The van der Waals surface area contributed by atoms with Crippen LogP contribution < -0.4 is 9.64 Å². The maximum absolute atomic E-state index is 12.7. The SMILES string of the molecule is C=CCOc1c(Br)cc(/C=C2\SC(=O)N(c3ccccc3Cl)C2=O)cc1Br. The van der Waals surface area contributed by atoms with Gasteiger partial charge in [0, 0.05) is 0 Å². The van der Waals surface area contributed by atoms with E-state index in [1.165, 1.54) is 0 Å². The van der Waals surface area contributed by atoms with Crippen LogP contribution >= 0.6 is 55.2 Å². The number of rotatable bonds is 5. The summed E-state index contributed by atoms with van der Waals surface area (Å²) in [4.78, 5) is 26.5. The van der Waals surface area contributed by atoms with E-state index in [4.69, 9.17) is 16.3 Å². The second-order valence-electron chi connectivity index (χ2n) is 5.38. The van der Waals surface area contributed by atoms with Crippen molar-refractivity contribution in [2.45, 2.75) is 0 Å². The third kappa shape index (κ3) is 4.32. The number of hydrogen-bond donors (Lipinski definition) is 0. The normalized spacial score (nSPS) is 15.5. The molecule has 0 saturated carbocycles. The second kappa shape index (κ2) is 8.65. The summed E-state index contributed by atoms with van der Waals surface area (Å²) in [6, 6.07) is 10.4. The molecule has 1 heterocycles. The van der Waals surface area contributed by atoms with Crippen molar-refractivity contribution in [1.29, 1.82) is 0 Å². The van der Waals surface area contributed by atoms with Gasteiger partial charge in [-0.2, -0.15) is 0 Å². The summed E-state index contributed by atoms with van der Waals surface area (Å²) in [5.41, 5.74) is 1.12. The standard InChI is InChI=1S/C19H12Br2ClNO3S/c1-2-7-26-17-12(20)8-11(9-13(17)21)10-16-18(24)23(19(25)27-16)15-6-4-3-5-14(15)22/h2-6,8-10H,1,7H2/b16-10-. The molecule has 1 fully saturated rings. The molecule has 27 heavy (non-hydrogen) atoms. The van der Waals surface area contributed by atoms with Crippen LogP contribution in [0.1, 0.15) is 5.56 Å². The summed E-state index contributed by atoms with van der Waals surface area (Å²) in [5.74, 6) is 0.230. The molecule has 0 atom stereocenters. The molecule has 2 aromatic rings. The number of carbonyl (C=O) groups excluding carboxylic acids is 2. The smallest absolute Gasteiger partial charge is 0.298 e. The summed E-state index contributed by atoms with van der Waals surface area (Å²) in [7, 11) is 0. The molecule has 4 nitrogen and oxygen atoms in total. The first-order chi connectivity index (χ1) is 12.9. The van der Waals surface area contributed by atoms with Gasteiger partial charge in [-0.1, -0.05) is 36.4 Å². The van der Waals surface area contributed by atoms with Crippen LogP contribution in [0.15, 0.2) is 62.9 Å². The Hall–Kier alpha value is -1.54. The van der Waals surface area contributed by atoms with E-state index in [1.54, 1.807) is 36.4 Å². The second-order valence-corrected chi connectivity index (χ2v) is 8.49. The number of anilines is 1. The minimum Gasteiger partial charge on any atom is -0.487 e. The highest BCUT2D eigenvalue weighted by Crippen LogP contribution is 2.40. The number of nitrogens with zero attached hydrogens (tertiary/aromatic N) is 1. The van der Waals surface area contributed by atoms with Crippen LogP contribution in [0.3, 0.4) is 0 Å². The van der Waals surface area contributed by atoms with Crippen molar-refractivity contribution in [1.82, 2.24) is 0 Å². The maximum Gasteiger partial charge on any atom is 0.298 e. The van der Waals surface area contributed by atoms with Crippen molar-refractivity contribution >= 4 is 78.1 Å². The summed E-state index contributed by atoms with van der Waals surface area (Å²) in [6.45, 7) is 3.99. The minimum atomic E-state index is -0.405. The van der Waals surface area contributed by atoms with Crippen molar-refractivity contribution < 1.29 is 14.3 Å². The molecule has 0 aliphatic carbocycles. The summed E-state index contributed by atoms with van der Waals surface area (Å²) in [5, 5.41) is -0.0429. The molecule has 0 unspecified atom stereocenters. The van der Waals surface area contributed by atoms with Gasteiger partial charge in [0.2, 0.25) is 0 Å². The molecule has 2 aromatic carbocycles. The minimum absolute atomic E-state index is 0.318. The summed E-state index contributed by atoms with van der Waals surface area (Å²) >= 11 is 13.9. The predicted molar refractivity (Wildman–Crippen MR) is 117 cm³/mol. The van der Waals surface area contributed by atoms with E-state index in [0.717, 1.165) is 31.2 Å². The number of para-hydroxylation sites is 1. The van der Waals surface area contributed by atoms with Gasteiger partial charge in [-0.3, -0.25) is 9.59 Å². The Morgan fingerprint density at radius 1 is 1.19 bits per heavy atom. The number of thioether (sulfide) groups is 1. The van der Waals surface area contributed by atoms with Gasteiger partial charge in [0.1, 0.15) is 12.4 Å². The first kappa shape index (κ1) is 20.2. The van der Waals surface area contributed by atoms with Crippen LogP contribution in [0.4, 0.5) is 10.5 Å². The lowest BCUT2D eigenvalue weighted by atomic mass is 10.2. The Bertz CT molecular complexity index is 954. The van der Waals surface area contributed by atoms with Gasteiger partial charge >= 0.3 is 0 Å². The number of amides is 2. The number of ether oxygens (including phenoxy) is 1. The first-order valence-electron chi connectivity index (χ1n) is 7.67. The lowest BCUT2D eigenvalue weighted by molar-refractivity contribution is -0.113. The topological polar surface area (TPSA) is 46.6 Å². The fraction of sp³-hybridized carbons (Fsp3) is 0.0526. The average molecular weight is 530 g/mol. The summed E-state index contributed by atoms with van der Waals surface area (Å²) < 4.78 is 7.02. The maximum atomic E-state index is 12.7. The summed E-state index contributed by atoms with van der Waals surface area (Å²) in [6.07, 6.45) is 3.31. The number of carbonyl (C=O) groups is 2. The van der Waals surface area contributed by atoms with Gasteiger partial charge in [-0.25, -0.2) is 4.90 Å². The fourth-order valence-electron chi connectivity index (χ4n) is 2.40. The van der Waals surface area contributed by atoms with E-state index < -0.39 is 5.91 Å². The van der Waals surface area contributed by atoms with Crippen molar-refractivity contribution in [3.63, 3.8) is 0 Å². The van der Waals surface area contributed by atoms with Crippen LogP contribution in [0.2, 0.25) is 5.02 Å². The van der Waals surface area contributed by atoms with Crippen LogP contribution in [0.25, 0.3) is 6.08 Å². The Kier molecular flexibility index (Phi) is 6.47. The molecular formula is C19H12Br2ClNO3S. The molecule has 0 spiro atoms. The Labute approximate surface area is 182 Å². The monoisotopic (exact) mass is 527 g/mol. The zero-order valence-electron chi connectivity index (χ0n) is 13.7. The molecule has 0 aromatic heterocycles. The predicted octanol–water partition coefficient (Wildman–Crippen LogP) is 6.67. The highest BCUT2D eigenvalue weighted by atomic mass is 79.9. The van der Waals surface area contributed by atoms with E-state index in [-0.39, 0.29) is 5.24 Å². The number of halogens is 3. The number of imide groups is 1. The molecule has 8 heteroatoms. The van der Waals surface area contributed by atoms with Crippen LogP contribution in [0, 0.1) is 0 Å². The lowest BCUT2D eigenvalue weighted by Gasteiger charge is -2.13.